The molecule has 7 heteroatoms. The molecule has 0 bridgehead atoms. The van der Waals surface area contributed by atoms with Gasteiger partial charge in [-0.1, -0.05) is 6.92 Å². The summed E-state index contributed by atoms with van der Waals surface area (Å²) in [7, 11) is -3.48. The molecule has 0 aromatic carbocycles. The van der Waals surface area contributed by atoms with E-state index in [1.54, 1.807) is 0 Å². The third-order valence-corrected chi connectivity index (χ3v) is 4.84. The van der Waals surface area contributed by atoms with E-state index in [-0.39, 0.29) is 5.75 Å². The predicted octanol–water partition coefficient (Wildman–Crippen LogP) is 0.919. The zero-order valence-corrected chi connectivity index (χ0v) is 11.4. The molecule has 1 unspecified atom stereocenters. The molecule has 2 rings (SSSR count). The van der Waals surface area contributed by atoms with E-state index in [1.165, 1.54) is 16.2 Å². The van der Waals surface area contributed by atoms with Crippen LogP contribution in [0.1, 0.15) is 41.4 Å². The first-order valence-corrected chi connectivity index (χ1v) is 8.25. The van der Waals surface area contributed by atoms with Crippen LogP contribution in [-0.2, 0) is 22.2 Å². The van der Waals surface area contributed by atoms with Crippen molar-refractivity contribution in [3.8, 4) is 0 Å². The quantitative estimate of drug-likeness (QED) is 0.855. The van der Waals surface area contributed by atoms with Gasteiger partial charge in [0.25, 0.3) is 0 Å². The molecule has 1 aromatic heterocycles. The summed E-state index contributed by atoms with van der Waals surface area (Å²) >= 11 is 1.48. The Labute approximate surface area is 105 Å². The second-order valence-corrected chi connectivity index (χ2v) is 6.96. The number of rotatable bonds is 4. The maximum atomic E-state index is 11.0. The van der Waals surface area contributed by atoms with Gasteiger partial charge in [-0.25, -0.2) is 18.5 Å². The van der Waals surface area contributed by atoms with Crippen LogP contribution in [0, 0.1) is 0 Å². The molecule has 0 spiro atoms. The lowest BCUT2D eigenvalue weighted by Gasteiger charge is -2.21. The van der Waals surface area contributed by atoms with Gasteiger partial charge >= 0.3 is 0 Å². The Morgan fingerprint density at radius 1 is 1.59 bits per heavy atom. The number of nitrogens with two attached hydrogens (primary N) is 1. The van der Waals surface area contributed by atoms with Crippen LogP contribution in [0.5, 0.6) is 0 Å². The van der Waals surface area contributed by atoms with Crippen molar-refractivity contribution in [1.29, 1.82) is 0 Å². The van der Waals surface area contributed by atoms with Gasteiger partial charge in [-0.3, -0.25) is 0 Å². The van der Waals surface area contributed by atoms with Gasteiger partial charge in [0.05, 0.1) is 5.69 Å². The molecule has 0 fully saturated rings. The lowest BCUT2D eigenvalue weighted by atomic mass is 9.98. The summed E-state index contributed by atoms with van der Waals surface area (Å²) in [6.45, 7) is 2.98. The second-order valence-electron chi connectivity index (χ2n) is 4.23. The minimum absolute atomic E-state index is 0.149. The number of thiazole rings is 1. The van der Waals surface area contributed by atoms with Crippen molar-refractivity contribution < 1.29 is 8.42 Å². The van der Waals surface area contributed by atoms with Gasteiger partial charge in [0.2, 0.25) is 10.0 Å². The summed E-state index contributed by atoms with van der Waals surface area (Å²) in [6, 6.07) is 0.329. The van der Waals surface area contributed by atoms with Crippen LogP contribution < -0.4 is 10.5 Å². The normalized spacial score (nSPS) is 20.2. The molecule has 3 N–H and O–H groups in total. The van der Waals surface area contributed by atoms with Crippen molar-refractivity contribution in [3.05, 3.63) is 15.6 Å². The lowest BCUT2D eigenvalue weighted by molar-refractivity contribution is 0.476. The SMILES string of the molecule is CCNC1CCCc2nc(CS(N)(=O)=O)sc21. The van der Waals surface area contributed by atoms with E-state index in [1.807, 2.05) is 0 Å². The average molecular weight is 275 g/mol. The van der Waals surface area contributed by atoms with E-state index in [0.29, 0.717) is 11.0 Å². The van der Waals surface area contributed by atoms with E-state index in [2.05, 4.69) is 17.2 Å². The van der Waals surface area contributed by atoms with Crippen molar-refractivity contribution in [3.63, 3.8) is 0 Å². The molecule has 1 aliphatic carbocycles. The molecule has 0 saturated heterocycles. The van der Waals surface area contributed by atoms with E-state index in [9.17, 15) is 8.42 Å². The number of nitrogens with one attached hydrogen (secondary N) is 1. The number of sulfonamides is 1. The Kier molecular flexibility index (Phi) is 3.82. The van der Waals surface area contributed by atoms with Crippen LogP contribution in [0.4, 0.5) is 0 Å². The maximum Gasteiger partial charge on any atom is 0.215 e. The Morgan fingerprint density at radius 3 is 3.00 bits per heavy atom. The van der Waals surface area contributed by atoms with Crippen molar-refractivity contribution in [2.75, 3.05) is 6.54 Å². The Balaban J connectivity index is 2.24. The first-order valence-electron chi connectivity index (χ1n) is 5.72. The molecule has 0 saturated carbocycles. The van der Waals surface area contributed by atoms with Gasteiger partial charge in [-0.2, -0.15) is 0 Å². The monoisotopic (exact) mass is 275 g/mol. The first-order chi connectivity index (χ1) is 7.99. The summed E-state index contributed by atoms with van der Waals surface area (Å²) in [6.07, 6.45) is 3.14. The minimum atomic E-state index is -3.48. The summed E-state index contributed by atoms with van der Waals surface area (Å²) in [5.74, 6) is -0.149. The zero-order chi connectivity index (χ0) is 12.5. The molecular formula is C10H17N3O2S2. The Hall–Kier alpha value is -0.500. The third-order valence-electron chi connectivity index (χ3n) is 2.77. The number of primary sulfonamides is 1. The summed E-state index contributed by atoms with van der Waals surface area (Å²) in [4.78, 5) is 5.58. The van der Waals surface area contributed by atoms with Gasteiger partial charge < -0.3 is 5.32 Å². The molecule has 17 heavy (non-hydrogen) atoms. The molecule has 96 valence electrons. The summed E-state index contributed by atoms with van der Waals surface area (Å²) < 4.78 is 22.1. The number of fused-ring (bicyclic) bond motifs is 1. The molecule has 0 amide bonds. The first kappa shape index (κ1) is 12.9. The number of aryl methyl sites for hydroxylation is 1. The molecule has 1 aromatic rings. The molecule has 0 radical (unpaired) electrons. The number of hydrogen-bond acceptors (Lipinski definition) is 5. The number of nitrogens with zero attached hydrogens (tertiary/aromatic N) is 1. The van der Waals surface area contributed by atoms with E-state index < -0.39 is 10.0 Å². The van der Waals surface area contributed by atoms with Gasteiger partial charge in [0.1, 0.15) is 10.8 Å². The standard InChI is InChI=1S/C10H17N3O2S2/c1-2-12-7-4-3-5-8-10(7)16-9(13-8)6-17(11,14)15/h7,12H,2-6H2,1H3,(H2,11,14,15). The van der Waals surface area contributed by atoms with Crippen molar-refractivity contribution in [2.45, 2.75) is 38.0 Å². The predicted molar refractivity (Wildman–Crippen MR) is 68.3 cm³/mol. The molecular weight excluding hydrogens is 258 g/mol. The highest BCUT2D eigenvalue weighted by Crippen LogP contribution is 2.34. The van der Waals surface area contributed by atoms with Crippen LogP contribution in [0.2, 0.25) is 0 Å². The highest BCUT2D eigenvalue weighted by atomic mass is 32.2. The van der Waals surface area contributed by atoms with Crippen LogP contribution in [-0.4, -0.2) is 19.9 Å². The van der Waals surface area contributed by atoms with Crippen LogP contribution >= 0.6 is 11.3 Å². The molecule has 1 atom stereocenters. The van der Waals surface area contributed by atoms with Gasteiger partial charge in [0, 0.05) is 10.9 Å². The fourth-order valence-corrected chi connectivity index (χ4v) is 4.30. The highest BCUT2D eigenvalue weighted by molar-refractivity contribution is 7.88. The summed E-state index contributed by atoms with van der Waals surface area (Å²) in [5.41, 5.74) is 1.05. The Morgan fingerprint density at radius 2 is 2.35 bits per heavy atom. The lowest BCUT2D eigenvalue weighted by Crippen LogP contribution is -2.23. The fourth-order valence-electron chi connectivity index (χ4n) is 2.15. The van der Waals surface area contributed by atoms with Gasteiger partial charge in [-0.15, -0.1) is 11.3 Å². The van der Waals surface area contributed by atoms with Gasteiger partial charge in [-0.05, 0) is 25.8 Å². The van der Waals surface area contributed by atoms with Crippen LogP contribution in [0.25, 0.3) is 0 Å². The van der Waals surface area contributed by atoms with Crippen LogP contribution in [0.15, 0.2) is 0 Å². The average Bonchev–Trinajstić information content (AvgIpc) is 2.58. The Bertz CT molecular complexity index is 496. The van der Waals surface area contributed by atoms with Crippen molar-refractivity contribution in [2.24, 2.45) is 5.14 Å². The van der Waals surface area contributed by atoms with E-state index in [0.717, 1.165) is 31.5 Å². The fraction of sp³-hybridized carbons (Fsp3) is 0.700. The smallest absolute Gasteiger partial charge is 0.215 e. The molecule has 5 nitrogen and oxygen atoms in total. The summed E-state index contributed by atoms with van der Waals surface area (Å²) in [5, 5.41) is 9.06. The van der Waals surface area contributed by atoms with E-state index in [4.69, 9.17) is 5.14 Å². The topological polar surface area (TPSA) is 85.1 Å². The number of aromatic nitrogens is 1. The third kappa shape index (κ3) is 3.25. The zero-order valence-electron chi connectivity index (χ0n) is 9.77. The highest BCUT2D eigenvalue weighted by Gasteiger charge is 2.24. The minimum Gasteiger partial charge on any atom is -0.309 e. The van der Waals surface area contributed by atoms with Crippen LogP contribution in [0.3, 0.4) is 0 Å². The molecule has 1 aliphatic rings. The molecule has 0 aliphatic heterocycles. The van der Waals surface area contributed by atoms with E-state index >= 15 is 0 Å². The van der Waals surface area contributed by atoms with Crippen molar-refractivity contribution >= 4 is 21.4 Å². The molecule has 1 heterocycles. The van der Waals surface area contributed by atoms with Gasteiger partial charge in [0.15, 0.2) is 0 Å². The van der Waals surface area contributed by atoms with Crippen molar-refractivity contribution in [1.82, 2.24) is 10.3 Å². The maximum absolute atomic E-state index is 11.0. The second kappa shape index (κ2) is 5.01. The largest absolute Gasteiger partial charge is 0.309 e. The number of hydrogen-bond donors (Lipinski definition) is 2.